The highest BCUT2D eigenvalue weighted by Crippen LogP contribution is 2.28. The normalized spacial score (nSPS) is 23.1. The number of urea groups is 1. The maximum absolute atomic E-state index is 11.6. The van der Waals surface area contributed by atoms with Crippen LogP contribution in [0, 0.1) is 17.3 Å². The number of carboxylic acid groups (broad SMARTS) is 1. The molecule has 2 amide bonds. The van der Waals surface area contributed by atoms with Crippen molar-refractivity contribution in [3.8, 4) is 0 Å². The van der Waals surface area contributed by atoms with Crippen LogP contribution in [-0.2, 0) is 4.79 Å². The molecule has 5 heteroatoms. The number of carbonyl (C=O) groups excluding carboxylic acids is 1. The Balaban J connectivity index is 2.12. The summed E-state index contributed by atoms with van der Waals surface area (Å²) in [6.45, 7) is 7.77. The highest BCUT2D eigenvalue weighted by atomic mass is 16.4. The van der Waals surface area contributed by atoms with Crippen LogP contribution in [0.5, 0.6) is 0 Å². The standard InChI is InChI=1S/C15H28N2O3/c1-15(2,3)8-9-16-14(20)17-10-11-4-6-12(7-5-11)13(18)19/h11-12H,4-10H2,1-3H3,(H,18,19)(H2,16,17,20). The summed E-state index contributed by atoms with van der Waals surface area (Å²) >= 11 is 0. The Morgan fingerprint density at radius 1 is 1.10 bits per heavy atom. The molecule has 0 spiro atoms. The zero-order valence-corrected chi connectivity index (χ0v) is 12.9. The first kappa shape index (κ1) is 16.8. The van der Waals surface area contributed by atoms with Gasteiger partial charge in [0.25, 0.3) is 0 Å². The molecule has 1 aliphatic rings. The van der Waals surface area contributed by atoms with E-state index < -0.39 is 5.97 Å². The van der Waals surface area contributed by atoms with E-state index in [1.54, 1.807) is 0 Å². The largest absolute Gasteiger partial charge is 0.481 e. The highest BCUT2D eigenvalue weighted by Gasteiger charge is 2.25. The number of carboxylic acids is 1. The van der Waals surface area contributed by atoms with Crippen molar-refractivity contribution in [2.75, 3.05) is 13.1 Å². The van der Waals surface area contributed by atoms with Crippen molar-refractivity contribution in [1.82, 2.24) is 10.6 Å². The number of carbonyl (C=O) groups is 2. The van der Waals surface area contributed by atoms with Crippen LogP contribution in [0.2, 0.25) is 0 Å². The lowest BCUT2D eigenvalue weighted by Gasteiger charge is -2.26. The molecule has 0 aromatic rings. The molecular weight excluding hydrogens is 256 g/mol. The Morgan fingerprint density at radius 2 is 1.70 bits per heavy atom. The molecule has 0 aromatic heterocycles. The van der Waals surface area contributed by atoms with Crippen molar-refractivity contribution in [1.29, 1.82) is 0 Å². The van der Waals surface area contributed by atoms with Crippen molar-refractivity contribution >= 4 is 12.0 Å². The van der Waals surface area contributed by atoms with Crippen LogP contribution in [0.25, 0.3) is 0 Å². The highest BCUT2D eigenvalue weighted by molar-refractivity contribution is 5.73. The van der Waals surface area contributed by atoms with Crippen LogP contribution < -0.4 is 10.6 Å². The molecule has 1 saturated carbocycles. The Labute approximate surface area is 121 Å². The Bertz CT molecular complexity index is 329. The molecule has 116 valence electrons. The lowest BCUT2D eigenvalue weighted by molar-refractivity contribution is -0.143. The number of nitrogens with one attached hydrogen (secondary N) is 2. The number of hydrogen-bond donors (Lipinski definition) is 3. The Morgan fingerprint density at radius 3 is 2.20 bits per heavy atom. The van der Waals surface area contributed by atoms with Gasteiger partial charge >= 0.3 is 12.0 Å². The third-order valence-corrected chi connectivity index (χ3v) is 3.91. The summed E-state index contributed by atoms with van der Waals surface area (Å²) in [5.74, 6) is -0.456. The van der Waals surface area contributed by atoms with E-state index in [4.69, 9.17) is 5.11 Å². The predicted octanol–water partition coefficient (Wildman–Crippen LogP) is 2.61. The zero-order valence-electron chi connectivity index (χ0n) is 12.9. The van der Waals surface area contributed by atoms with Gasteiger partial charge in [-0.3, -0.25) is 4.79 Å². The van der Waals surface area contributed by atoms with Gasteiger partial charge < -0.3 is 15.7 Å². The quantitative estimate of drug-likeness (QED) is 0.726. The van der Waals surface area contributed by atoms with Gasteiger partial charge in [-0.15, -0.1) is 0 Å². The maximum atomic E-state index is 11.6. The van der Waals surface area contributed by atoms with E-state index in [1.165, 1.54) is 0 Å². The summed E-state index contributed by atoms with van der Waals surface area (Å²) in [6.07, 6.45) is 4.18. The first-order valence-corrected chi connectivity index (χ1v) is 7.52. The van der Waals surface area contributed by atoms with Gasteiger partial charge in [0.15, 0.2) is 0 Å². The van der Waals surface area contributed by atoms with Gasteiger partial charge in [-0.1, -0.05) is 20.8 Å². The monoisotopic (exact) mass is 284 g/mol. The molecule has 5 nitrogen and oxygen atoms in total. The fourth-order valence-corrected chi connectivity index (χ4v) is 2.46. The Hall–Kier alpha value is -1.26. The van der Waals surface area contributed by atoms with Crippen molar-refractivity contribution in [3.05, 3.63) is 0 Å². The first-order valence-electron chi connectivity index (χ1n) is 7.52. The summed E-state index contributed by atoms with van der Waals surface area (Å²) < 4.78 is 0. The van der Waals surface area contributed by atoms with Crippen LogP contribution in [0.1, 0.15) is 52.9 Å². The molecule has 0 aliphatic heterocycles. The lowest BCUT2D eigenvalue weighted by Crippen LogP contribution is -2.40. The number of aliphatic carboxylic acids is 1. The molecule has 1 fully saturated rings. The van der Waals surface area contributed by atoms with Crippen molar-refractivity contribution in [2.24, 2.45) is 17.3 Å². The number of hydrogen-bond acceptors (Lipinski definition) is 2. The van der Waals surface area contributed by atoms with Gasteiger partial charge in [-0.2, -0.15) is 0 Å². The molecule has 0 radical (unpaired) electrons. The van der Waals surface area contributed by atoms with Gasteiger partial charge in [-0.25, -0.2) is 4.79 Å². The first-order chi connectivity index (χ1) is 9.28. The molecule has 0 saturated heterocycles. The third-order valence-electron chi connectivity index (χ3n) is 3.91. The van der Waals surface area contributed by atoms with E-state index >= 15 is 0 Å². The average Bonchev–Trinajstić information content (AvgIpc) is 2.35. The minimum atomic E-state index is -0.684. The summed E-state index contributed by atoms with van der Waals surface area (Å²) in [5.41, 5.74) is 0.225. The van der Waals surface area contributed by atoms with Crippen LogP contribution >= 0.6 is 0 Å². The molecule has 1 rings (SSSR count). The fraction of sp³-hybridized carbons (Fsp3) is 0.867. The van der Waals surface area contributed by atoms with Crippen LogP contribution in [0.15, 0.2) is 0 Å². The van der Waals surface area contributed by atoms with Crippen LogP contribution in [0.4, 0.5) is 4.79 Å². The zero-order chi connectivity index (χ0) is 15.2. The molecule has 0 bridgehead atoms. The molecule has 1 aliphatic carbocycles. The SMILES string of the molecule is CC(C)(C)CCNC(=O)NCC1CCC(C(=O)O)CC1. The van der Waals surface area contributed by atoms with Gasteiger partial charge in [0, 0.05) is 13.1 Å². The van der Waals surface area contributed by atoms with E-state index in [-0.39, 0.29) is 17.4 Å². The van der Waals surface area contributed by atoms with E-state index in [1.807, 2.05) is 0 Å². The molecule has 0 unspecified atom stereocenters. The van der Waals surface area contributed by atoms with Gasteiger partial charge in [-0.05, 0) is 43.4 Å². The number of amides is 2. The topological polar surface area (TPSA) is 78.4 Å². The van der Waals surface area contributed by atoms with E-state index in [0.717, 1.165) is 32.1 Å². The van der Waals surface area contributed by atoms with E-state index in [0.29, 0.717) is 19.0 Å². The minimum Gasteiger partial charge on any atom is -0.481 e. The van der Waals surface area contributed by atoms with Gasteiger partial charge in [0.05, 0.1) is 5.92 Å². The Kier molecular flexibility index (Phi) is 6.30. The molecule has 20 heavy (non-hydrogen) atoms. The smallest absolute Gasteiger partial charge is 0.314 e. The predicted molar refractivity (Wildman–Crippen MR) is 78.6 cm³/mol. The van der Waals surface area contributed by atoms with Gasteiger partial charge in [0.2, 0.25) is 0 Å². The van der Waals surface area contributed by atoms with Crippen molar-refractivity contribution < 1.29 is 14.7 Å². The number of rotatable bonds is 5. The average molecular weight is 284 g/mol. The van der Waals surface area contributed by atoms with E-state index in [9.17, 15) is 9.59 Å². The second-order valence-electron chi connectivity index (χ2n) is 7.00. The molecule has 0 aromatic carbocycles. The van der Waals surface area contributed by atoms with Crippen LogP contribution in [0.3, 0.4) is 0 Å². The molecule has 3 N–H and O–H groups in total. The second-order valence-corrected chi connectivity index (χ2v) is 7.00. The second kappa shape index (κ2) is 7.50. The lowest BCUT2D eigenvalue weighted by atomic mass is 9.82. The molecule has 0 atom stereocenters. The summed E-state index contributed by atoms with van der Waals surface area (Å²) in [6, 6.07) is -0.116. The van der Waals surface area contributed by atoms with Crippen molar-refractivity contribution in [2.45, 2.75) is 52.9 Å². The summed E-state index contributed by atoms with van der Waals surface area (Å²) in [5, 5.41) is 14.7. The third kappa shape index (κ3) is 6.78. The van der Waals surface area contributed by atoms with E-state index in [2.05, 4.69) is 31.4 Å². The maximum Gasteiger partial charge on any atom is 0.314 e. The summed E-state index contributed by atoms with van der Waals surface area (Å²) in [7, 11) is 0. The van der Waals surface area contributed by atoms with Crippen molar-refractivity contribution in [3.63, 3.8) is 0 Å². The molecule has 0 heterocycles. The van der Waals surface area contributed by atoms with Gasteiger partial charge in [0.1, 0.15) is 0 Å². The minimum absolute atomic E-state index is 0.116. The summed E-state index contributed by atoms with van der Waals surface area (Å²) in [4.78, 5) is 22.5. The fourth-order valence-electron chi connectivity index (χ4n) is 2.46. The molecular formula is C15H28N2O3. The van der Waals surface area contributed by atoms with Crippen LogP contribution in [-0.4, -0.2) is 30.2 Å².